The van der Waals surface area contributed by atoms with Crippen molar-refractivity contribution in [3.63, 3.8) is 0 Å². The molecule has 0 atom stereocenters. The molecule has 0 aromatic heterocycles. The Morgan fingerprint density at radius 3 is 1.56 bits per heavy atom. The number of rotatable bonds is 26. The van der Waals surface area contributed by atoms with E-state index in [-0.39, 0.29) is 11.7 Å². The molecule has 0 radical (unpaired) electrons. The van der Waals surface area contributed by atoms with Gasteiger partial charge in [0.05, 0.1) is 13.7 Å². The second-order valence-electron chi connectivity index (χ2n) is 10.6. The zero-order chi connectivity index (χ0) is 28.4. The number of aliphatic carboxylic acids is 1. The molecule has 0 saturated carbocycles. The lowest BCUT2D eigenvalue weighted by Crippen LogP contribution is -2.02. The van der Waals surface area contributed by atoms with Crippen molar-refractivity contribution in [1.82, 2.24) is 0 Å². The number of hydrogen-bond donors (Lipinski definition) is 2. The number of unbranched alkanes of at least 4 members (excludes halogenated alkanes) is 19. The number of carbonyl (C=O) groups is 2. The third-order valence-electron chi connectivity index (χ3n) is 7.14. The van der Waals surface area contributed by atoms with Gasteiger partial charge in [-0.25, -0.2) is 4.79 Å². The minimum atomic E-state index is -0.669. The minimum Gasteiger partial charge on any atom is -0.504 e. The molecule has 1 aromatic carbocycles. The number of phenols is 1. The van der Waals surface area contributed by atoms with E-state index in [9.17, 15) is 14.7 Å². The van der Waals surface area contributed by atoms with Gasteiger partial charge in [-0.3, -0.25) is 4.79 Å². The lowest BCUT2D eigenvalue weighted by Gasteiger charge is -2.05. The van der Waals surface area contributed by atoms with E-state index in [1.165, 1.54) is 122 Å². The maximum atomic E-state index is 11.9. The van der Waals surface area contributed by atoms with Crippen LogP contribution in [-0.4, -0.2) is 35.9 Å². The number of carbonyl (C=O) groups excluding carboxylic acids is 1. The third-order valence-corrected chi connectivity index (χ3v) is 7.14. The van der Waals surface area contributed by atoms with Gasteiger partial charge in [0.1, 0.15) is 0 Å². The second-order valence-corrected chi connectivity index (χ2v) is 10.6. The van der Waals surface area contributed by atoms with Gasteiger partial charge in [0.15, 0.2) is 11.5 Å². The minimum absolute atomic E-state index is 0.0715. The second kappa shape index (κ2) is 24.5. The van der Waals surface area contributed by atoms with Crippen molar-refractivity contribution in [1.29, 1.82) is 0 Å². The van der Waals surface area contributed by atoms with Gasteiger partial charge >= 0.3 is 11.9 Å². The number of methoxy groups -OCH3 is 1. The lowest BCUT2D eigenvalue weighted by atomic mass is 10.0. The highest BCUT2D eigenvalue weighted by molar-refractivity contribution is 5.87. The van der Waals surface area contributed by atoms with Crippen LogP contribution in [0.3, 0.4) is 0 Å². The zero-order valence-corrected chi connectivity index (χ0v) is 24.5. The molecule has 0 aliphatic rings. The fourth-order valence-corrected chi connectivity index (χ4v) is 4.74. The standard InChI is InChI=1S/C33H54O6/c1-38-31-28-29(23-25-30(31)34)24-26-33(37)39-27-21-19-17-15-13-11-9-7-5-3-2-4-6-8-10-12-14-16-18-20-22-32(35)36/h23-26,28,34H,2-22,27H2,1H3,(H,35,36)/b26-24+. The summed E-state index contributed by atoms with van der Waals surface area (Å²) in [4.78, 5) is 22.3. The summed E-state index contributed by atoms with van der Waals surface area (Å²) in [6.45, 7) is 0.457. The molecule has 6 nitrogen and oxygen atoms in total. The van der Waals surface area contributed by atoms with Crippen molar-refractivity contribution in [3.8, 4) is 11.5 Å². The number of benzene rings is 1. The Balaban J connectivity index is 1.79. The van der Waals surface area contributed by atoms with Crippen molar-refractivity contribution in [2.45, 2.75) is 135 Å². The average molecular weight is 547 g/mol. The number of aromatic hydroxyl groups is 1. The Hall–Kier alpha value is -2.50. The molecule has 0 fully saturated rings. The zero-order valence-electron chi connectivity index (χ0n) is 24.5. The Labute approximate surface area is 237 Å². The topological polar surface area (TPSA) is 93.1 Å². The first-order valence-electron chi connectivity index (χ1n) is 15.5. The summed E-state index contributed by atoms with van der Waals surface area (Å²) < 4.78 is 10.3. The largest absolute Gasteiger partial charge is 0.504 e. The number of ether oxygens (including phenoxy) is 2. The first-order chi connectivity index (χ1) is 19.0. The highest BCUT2D eigenvalue weighted by Gasteiger charge is 2.02. The van der Waals surface area contributed by atoms with Gasteiger partial charge < -0.3 is 19.7 Å². The van der Waals surface area contributed by atoms with E-state index in [1.54, 1.807) is 18.2 Å². The SMILES string of the molecule is COc1cc(/C=C/C(=O)OCCCCCCCCCCCCCCCCCCCCCCC(=O)O)ccc1O. The summed E-state index contributed by atoms with van der Waals surface area (Å²) >= 11 is 0. The molecule has 0 saturated heterocycles. The molecule has 39 heavy (non-hydrogen) atoms. The summed E-state index contributed by atoms with van der Waals surface area (Å²) in [5, 5.41) is 18.2. The molecule has 2 N–H and O–H groups in total. The number of carboxylic acid groups (broad SMARTS) is 1. The Bertz CT molecular complexity index is 788. The Kier molecular flexibility index (Phi) is 21.7. The van der Waals surface area contributed by atoms with Crippen molar-refractivity contribution < 1.29 is 29.3 Å². The van der Waals surface area contributed by atoms with Crippen molar-refractivity contribution >= 4 is 18.0 Å². The first kappa shape index (κ1) is 34.5. The lowest BCUT2D eigenvalue weighted by molar-refractivity contribution is -0.138. The smallest absolute Gasteiger partial charge is 0.330 e. The van der Waals surface area contributed by atoms with Crippen LogP contribution < -0.4 is 4.74 Å². The van der Waals surface area contributed by atoms with Crippen LogP contribution in [-0.2, 0) is 14.3 Å². The van der Waals surface area contributed by atoms with Gasteiger partial charge in [0, 0.05) is 12.5 Å². The van der Waals surface area contributed by atoms with Gasteiger partial charge in [-0.1, -0.05) is 122 Å². The van der Waals surface area contributed by atoms with Crippen LogP contribution in [0.15, 0.2) is 24.3 Å². The predicted molar refractivity (Wildman–Crippen MR) is 159 cm³/mol. The highest BCUT2D eigenvalue weighted by Crippen LogP contribution is 2.26. The summed E-state index contributed by atoms with van der Waals surface area (Å²) in [5.41, 5.74) is 0.767. The van der Waals surface area contributed by atoms with Gasteiger partial charge in [-0.05, 0) is 36.6 Å². The molecule has 0 heterocycles. The van der Waals surface area contributed by atoms with Crippen LogP contribution in [0, 0.1) is 0 Å². The predicted octanol–water partition coefficient (Wildman–Crippen LogP) is 9.23. The molecule has 0 unspecified atom stereocenters. The fourth-order valence-electron chi connectivity index (χ4n) is 4.74. The molecule has 0 spiro atoms. The van der Waals surface area contributed by atoms with Crippen LogP contribution >= 0.6 is 0 Å². The number of hydrogen-bond acceptors (Lipinski definition) is 5. The van der Waals surface area contributed by atoms with Crippen molar-refractivity contribution in [2.75, 3.05) is 13.7 Å². The van der Waals surface area contributed by atoms with Crippen molar-refractivity contribution in [2.24, 2.45) is 0 Å². The molecule has 1 rings (SSSR count). The van der Waals surface area contributed by atoms with E-state index in [2.05, 4.69) is 0 Å². The van der Waals surface area contributed by atoms with Crippen LogP contribution in [0.4, 0.5) is 0 Å². The average Bonchev–Trinajstić information content (AvgIpc) is 2.92. The van der Waals surface area contributed by atoms with E-state index in [1.807, 2.05) is 0 Å². The molecule has 0 bridgehead atoms. The van der Waals surface area contributed by atoms with Crippen LogP contribution in [0.2, 0.25) is 0 Å². The van der Waals surface area contributed by atoms with Crippen molar-refractivity contribution in [3.05, 3.63) is 29.8 Å². The molecule has 1 aromatic rings. The molecule has 0 aliphatic heterocycles. The molecule has 222 valence electrons. The van der Waals surface area contributed by atoms with Crippen LogP contribution in [0.1, 0.15) is 140 Å². The molecule has 0 amide bonds. The fraction of sp³-hybridized carbons (Fsp3) is 0.697. The van der Waals surface area contributed by atoms with E-state index < -0.39 is 5.97 Å². The van der Waals surface area contributed by atoms with Gasteiger partial charge in [-0.2, -0.15) is 0 Å². The normalized spacial score (nSPS) is 11.2. The first-order valence-corrected chi connectivity index (χ1v) is 15.5. The quantitative estimate of drug-likeness (QED) is 0.0683. The van der Waals surface area contributed by atoms with E-state index in [4.69, 9.17) is 14.6 Å². The molecular formula is C33H54O6. The number of phenolic OH excluding ortho intramolecular Hbond substituents is 1. The van der Waals surface area contributed by atoms with Gasteiger partial charge in [0.2, 0.25) is 0 Å². The maximum Gasteiger partial charge on any atom is 0.330 e. The summed E-state index contributed by atoms with van der Waals surface area (Å²) in [7, 11) is 1.49. The molecule has 0 aliphatic carbocycles. The van der Waals surface area contributed by atoms with E-state index in [0.29, 0.717) is 18.8 Å². The summed E-state index contributed by atoms with van der Waals surface area (Å²) in [6, 6.07) is 4.92. The monoisotopic (exact) mass is 546 g/mol. The molecule has 6 heteroatoms. The van der Waals surface area contributed by atoms with Gasteiger partial charge in [-0.15, -0.1) is 0 Å². The third kappa shape index (κ3) is 21.1. The Morgan fingerprint density at radius 1 is 0.692 bits per heavy atom. The number of carboxylic acids is 1. The van der Waals surface area contributed by atoms with Crippen LogP contribution in [0.5, 0.6) is 11.5 Å². The van der Waals surface area contributed by atoms with Crippen LogP contribution in [0.25, 0.3) is 6.08 Å². The molecular weight excluding hydrogens is 492 g/mol. The van der Waals surface area contributed by atoms with Gasteiger partial charge in [0.25, 0.3) is 0 Å². The van der Waals surface area contributed by atoms with E-state index >= 15 is 0 Å². The number of esters is 1. The summed E-state index contributed by atoms with van der Waals surface area (Å²) in [5.74, 6) is -0.570. The highest BCUT2D eigenvalue weighted by atomic mass is 16.5. The summed E-state index contributed by atoms with van der Waals surface area (Å²) in [6.07, 6.45) is 28.4. The maximum absolute atomic E-state index is 11.9. The van der Waals surface area contributed by atoms with E-state index in [0.717, 1.165) is 31.2 Å². The Morgan fingerprint density at radius 2 is 1.13 bits per heavy atom.